The number of hydrogen-bond donors (Lipinski definition) is 0. The van der Waals surface area contributed by atoms with Gasteiger partial charge >= 0.3 is 18.5 Å². The fourth-order valence-electron chi connectivity index (χ4n) is 3.51. The Morgan fingerprint density at radius 1 is 0.902 bits per heavy atom. The number of hydrogen-bond acceptors (Lipinski definition) is 2. The molecular weight excluding hydrogens is 641 g/mol. The predicted octanol–water partition coefficient (Wildman–Crippen LogP) is 10.6. The Bertz CT molecular complexity index is 1340. The van der Waals surface area contributed by atoms with E-state index in [1.165, 1.54) is 0 Å². The maximum atomic E-state index is 15.0. The number of carbonyl (C=O) groups is 2. The van der Waals surface area contributed by atoms with E-state index in [9.17, 15) is 53.5 Å². The molecule has 0 saturated carbocycles. The third kappa shape index (κ3) is 9.75. The summed E-state index contributed by atoms with van der Waals surface area (Å²) in [7, 11) is 0. The Hall–Kier alpha value is -2.57. The highest BCUT2D eigenvalue weighted by molar-refractivity contribution is 6.48. The fraction of sp³-hybridized carbons (Fsp3) is 0.308. The minimum atomic E-state index is -5.28. The summed E-state index contributed by atoms with van der Waals surface area (Å²) in [5.41, 5.74) is -4.32. The molecule has 0 N–H and O–H groups in total. The van der Waals surface area contributed by atoms with Crippen LogP contribution in [0.1, 0.15) is 52.7 Å². The molecule has 0 amide bonds. The van der Waals surface area contributed by atoms with E-state index in [-0.39, 0.29) is 27.2 Å². The van der Waals surface area contributed by atoms with Crippen molar-refractivity contribution >= 4 is 52.2 Å². The lowest BCUT2D eigenvalue weighted by atomic mass is 9.91. The first-order chi connectivity index (χ1) is 18.6. The van der Waals surface area contributed by atoms with Crippen LogP contribution in [0.4, 0.5) is 43.9 Å². The average molecular weight is 658 g/mol. The second-order valence-corrected chi connectivity index (χ2v) is 9.94. The first-order valence-corrected chi connectivity index (χ1v) is 12.4. The number of halogens is 13. The van der Waals surface area contributed by atoms with E-state index in [1.54, 1.807) is 0 Å². The molecule has 224 valence electrons. The van der Waals surface area contributed by atoms with E-state index in [4.69, 9.17) is 34.8 Å². The van der Waals surface area contributed by atoms with Gasteiger partial charge in [-0.3, -0.25) is 9.59 Å². The Balaban J connectivity index is 2.44. The van der Waals surface area contributed by atoms with E-state index in [0.717, 1.165) is 19.1 Å². The van der Waals surface area contributed by atoms with Crippen molar-refractivity contribution in [2.24, 2.45) is 5.92 Å². The Kier molecular flexibility index (Phi) is 11.1. The molecule has 15 heteroatoms. The van der Waals surface area contributed by atoms with Crippen molar-refractivity contribution in [2.75, 3.05) is 0 Å². The summed E-state index contributed by atoms with van der Waals surface area (Å²) in [5, 5.41) is -1.04. The minimum Gasteiger partial charge on any atom is -0.295 e. The first kappa shape index (κ1) is 34.6. The van der Waals surface area contributed by atoms with Crippen LogP contribution in [0.3, 0.4) is 0 Å². The lowest BCUT2D eigenvalue weighted by Gasteiger charge is -2.19. The van der Waals surface area contributed by atoms with Crippen LogP contribution in [-0.4, -0.2) is 23.9 Å². The summed E-state index contributed by atoms with van der Waals surface area (Å²) in [6, 6.07) is 2.83. The summed E-state index contributed by atoms with van der Waals surface area (Å²) in [6.45, 7) is 1.11. The number of Topliss-reactive ketones (excluding diaryl/α,β-unsaturated/α-hetero) is 1. The Labute approximate surface area is 241 Å². The van der Waals surface area contributed by atoms with Crippen molar-refractivity contribution in [1.29, 1.82) is 0 Å². The molecule has 1 unspecified atom stereocenters. The quantitative estimate of drug-likeness (QED) is 0.116. The molecule has 0 fully saturated rings. The number of alkyl halides is 9. The summed E-state index contributed by atoms with van der Waals surface area (Å²) < 4.78 is 134. The van der Waals surface area contributed by atoms with Crippen molar-refractivity contribution in [1.82, 2.24) is 0 Å². The molecule has 0 bridgehead atoms. The fourth-order valence-corrected chi connectivity index (χ4v) is 4.12. The average Bonchev–Trinajstić information content (AvgIpc) is 2.82. The van der Waals surface area contributed by atoms with Crippen molar-refractivity contribution in [2.45, 2.75) is 44.2 Å². The highest BCUT2D eigenvalue weighted by Crippen LogP contribution is 2.43. The monoisotopic (exact) mass is 656 g/mol. The molecule has 2 aromatic carbocycles. The Morgan fingerprint density at radius 3 is 1.95 bits per heavy atom. The maximum absolute atomic E-state index is 15.0. The molecule has 2 nitrogen and oxygen atoms in total. The second kappa shape index (κ2) is 13.2. The zero-order valence-electron chi connectivity index (χ0n) is 20.4. The van der Waals surface area contributed by atoms with Gasteiger partial charge < -0.3 is 0 Å². The van der Waals surface area contributed by atoms with E-state index in [1.807, 2.05) is 0 Å². The van der Waals surface area contributed by atoms with Gasteiger partial charge in [0.1, 0.15) is 11.7 Å². The van der Waals surface area contributed by atoms with Gasteiger partial charge in [-0.1, -0.05) is 59.9 Å². The van der Waals surface area contributed by atoms with Crippen molar-refractivity contribution in [3.8, 4) is 0 Å². The number of ketones is 2. The van der Waals surface area contributed by atoms with Gasteiger partial charge in [0.05, 0.1) is 27.1 Å². The summed E-state index contributed by atoms with van der Waals surface area (Å²) in [6.07, 6.45) is -16.2. The second-order valence-electron chi connectivity index (χ2n) is 8.74. The zero-order valence-corrected chi connectivity index (χ0v) is 22.7. The standard InChI is InChI=1S/C26H17Cl3F10O2/c1-12(21(40)3-2-6-24(31,32)33)7-22(41)15-5-4-13(8-17(15)26(37,38)39)20(30)11-16(25(34,35)36)14-9-18(27)23(29)19(28)10-14/h2-5,8-12,16H,6-7H2,1H3/b3-2+,20-11-/t12-,16?/m0/s1. The van der Waals surface area contributed by atoms with Crippen LogP contribution in [0.15, 0.2) is 48.6 Å². The summed E-state index contributed by atoms with van der Waals surface area (Å²) in [4.78, 5) is 24.6. The van der Waals surface area contributed by atoms with Crippen LogP contribution < -0.4 is 0 Å². The van der Waals surface area contributed by atoms with Crippen LogP contribution in [0.2, 0.25) is 15.1 Å². The van der Waals surface area contributed by atoms with Crippen molar-refractivity contribution < 1.29 is 53.5 Å². The van der Waals surface area contributed by atoms with Crippen molar-refractivity contribution in [3.05, 3.63) is 85.9 Å². The molecule has 0 aliphatic carbocycles. The van der Waals surface area contributed by atoms with Gasteiger partial charge in [-0.2, -0.15) is 39.5 Å². The minimum absolute atomic E-state index is 0.000895. The third-order valence-corrected chi connectivity index (χ3v) is 6.74. The van der Waals surface area contributed by atoms with E-state index in [2.05, 4.69) is 0 Å². The molecule has 2 aromatic rings. The van der Waals surface area contributed by atoms with E-state index >= 15 is 0 Å². The van der Waals surface area contributed by atoms with Gasteiger partial charge in [0.25, 0.3) is 0 Å². The van der Waals surface area contributed by atoms with Crippen LogP contribution in [0, 0.1) is 5.92 Å². The normalized spacial score (nSPS) is 14.8. The van der Waals surface area contributed by atoms with Gasteiger partial charge in [0.2, 0.25) is 0 Å². The lowest BCUT2D eigenvalue weighted by Crippen LogP contribution is -2.19. The molecule has 0 saturated heterocycles. The van der Waals surface area contributed by atoms with Crippen LogP contribution in [0.5, 0.6) is 0 Å². The van der Waals surface area contributed by atoms with Crippen molar-refractivity contribution in [3.63, 3.8) is 0 Å². The summed E-state index contributed by atoms with van der Waals surface area (Å²) >= 11 is 17.2. The van der Waals surface area contributed by atoms with E-state index < -0.39 is 82.9 Å². The largest absolute Gasteiger partial charge is 0.417 e. The van der Waals surface area contributed by atoms with Gasteiger partial charge in [0, 0.05) is 23.5 Å². The molecule has 2 rings (SSSR count). The molecule has 0 radical (unpaired) electrons. The topological polar surface area (TPSA) is 34.1 Å². The van der Waals surface area contributed by atoms with Gasteiger partial charge in [0.15, 0.2) is 11.6 Å². The smallest absolute Gasteiger partial charge is 0.295 e. The van der Waals surface area contributed by atoms with Crippen LogP contribution in [-0.2, 0) is 11.0 Å². The van der Waals surface area contributed by atoms with E-state index in [0.29, 0.717) is 24.3 Å². The molecular formula is C26H17Cl3F10O2. The van der Waals surface area contributed by atoms with Gasteiger partial charge in [-0.25, -0.2) is 4.39 Å². The molecule has 0 heterocycles. The molecule has 0 aliphatic heterocycles. The van der Waals surface area contributed by atoms with Crippen LogP contribution in [0.25, 0.3) is 5.83 Å². The predicted molar refractivity (Wildman–Crippen MR) is 134 cm³/mol. The SMILES string of the molecule is C[C@@H](CC(=O)c1ccc(/C(F)=C/C(c2cc(Cl)c(Cl)c(Cl)c2)C(F)(F)F)cc1C(F)(F)F)C(=O)/C=C/CC(F)(F)F. The molecule has 2 atom stereocenters. The highest BCUT2D eigenvalue weighted by atomic mass is 35.5. The maximum Gasteiger partial charge on any atom is 0.417 e. The number of benzene rings is 2. The van der Waals surface area contributed by atoms with Gasteiger partial charge in [-0.15, -0.1) is 0 Å². The molecule has 0 spiro atoms. The van der Waals surface area contributed by atoms with Gasteiger partial charge in [-0.05, 0) is 35.9 Å². The highest BCUT2D eigenvalue weighted by Gasteiger charge is 2.41. The zero-order chi connectivity index (χ0) is 31.5. The number of rotatable bonds is 9. The lowest BCUT2D eigenvalue weighted by molar-refractivity contribution is -0.140. The number of carbonyl (C=O) groups excluding carboxylic acids is 2. The van der Waals surface area contributed by atoms with Crippen LogP contribution >= 0.6 is 34.8 Å². The molecule has 0 aromatic heterocycles. The number of allylic oxidation sites excluding steroid dienone is 3. The molecule has 0 aliphatic rings. The Morgan fingerprint density at radius 2 is 1.46 bits per heavy atom. The summed E-state index contributed by atoms with van der Waals surface area (Å²) in [5.74, 6) is -7.95. The molecule has 41 heavy (non-hydrogen) atoms. The third-order valence-electron chi connectivity index (χ3n) is 5.54. The first-order valence-electron chi connectivity index (χ1n) is 11.2.